The lowest BCUT2D eigenvalue weighted by Crippen LogP contribution is -2.15. The molecule has 0 fully saturated rings. The molecule has 0 aliphatic rings. The van der Waals surface area contributed by atoms with E-state index >= 15 is 0 Å². The largest absolute Gasteiger partial charge is 0.493 e. The van der Waals surface area contributed by atoms with Gasteiger partial charge >= 0.3 is 5.97 Å². The van der Waals surface area contributed by atoms with Crippen molar-refractivity contribution < 1.29 is 28.5 Å². The Labute approximate surface area is 215 Å². The van der Waals surface area contributed by atoms with Crippen molar-refractivity contribution >= 4 is 16.9 Å². The molecular formula is C27H30N4O6. The van der Waals surface area contributed by atoms with Crippen LogP contribution in [0.2, 0.25) is 0 Å². The number of hydrogen-bond donors (Lipinski definition) is 0. The Bertz CT molecular complexity index is 1390. The van der Waals surface area contributed by atoms with Gasteiger partial charge < -0.3 is 28.3 Å². The van der Waals surface area contributed by atoms with Crippen molar-refractivity contribution in [3.63, 3.8) is 0 Å². The third kappa shape index (κ3) is 5.28. The van der Waals surface area contributed by atoms with Crippen LogP contribution in [0.25, 0.3) is 22.0 Å². The standard InChI is InChI=1S/C27H30N4O6/c1-6-10-37-24-11-17(8-9-21(24)33-3)25-18-12-22(34-4)23(35-5)13-19(18)30-20(14-31-15-28-29-16-31)26(25)27(32)36-7-2/h8-9,11-13,15-16H,6-7,10,14H2,1-5H3. The molecule has 0 unspecified atom stereocenters. The van der Waals surface area contributed by atoms with Crippen LogP contribution in [-0.2, 0) is 11.3 Å². The van der Waals surface area contributed by atoms with Crippen LogP contribution in [0.4, 0.5) is 0 Å². The molecule has 0 saturated heterocycles. The fraction of sp³-hybridized carbons (Fsp3) is 0.333. The molecule has 0 aliphatic carbocycles. The molecular weight excluding hydrogens is 476 g/mol. The first kappa shape index (κ1) is 25.7. The molecule has 37 heavy (non-hydrogen) atoms. The third-order valence-corrected chi connectivity index (χ3v) is 5.76. The molecule has 4 rings (SSSR count). The molecule has 0 aliphatic heterocycles. The van der Waals surface area contributed by atoms with E-state index in [1.165, 1.54) is 0 Å². The number of fused-ring (bicyclic) bond motifs is 1. The van der Waals surface area contributed by atoms with Crippen LogP contribution in [-0.4, -0.2) is 60.3 Å². The van der Waals surface area contributed by atoms with Crippen LogP contribution in [0.15, 0.2) is 43.0 Å². The third-order valence-electron chi connectivity index (χ3n) is 5.76. The topological polar surface area (TPSA) is 107 Å². The molecule has 2 aromatic carbocycles. The molecule has 0 saturated carbocycles. The van der Waals surface area contributed by atoms with E-state index in [9.17, 15) is 4.79 Å². The monoisotopic (exact) mass is 506 g/mol. The molecule has 4 aromatic rings. The lowest BCUT2D eigenvalue weighted by Gasteiger charge is -2.19. The van der Waals surface area contributed by atoms with Crippen molar-refractivity contribution in [1.82, 2.24) is 19.7 Å². The van der Waals surface area contributed by atoms with Crippen molar-refractivity contribution in [2.75, 3.05) is 34.5 Å². The van der Waals surface area contributed by atoms with Crippen LogP contribution in [0.1, 0.15) is 36.3 Å². The average Bonchev–Trinajstić information content (AvgIpc) is 3.43. The Balaban J connectivity index is 2.08. The van der Waals surface area contributed by atoms with Gasteiger partial charge in [0.2, 0.25) is 0 Å². The lowest BCUT2D eigenvalue weighted by atomic mass is 9.93. The molecule has 10 heteroatoms. The highest BCUT2D eigenvalue weighted by Gasteiger charge is 2.26. The fourth-order valence-electron chi connectivity index (χ4n) is 4.11. The van der Waals surface area contributed by atoms with Crippen LogP contribution >= 0.6 is 0 Å². The van der Waals surface area contributed by atoms with E-state index in [4.69, 9.17) is 28.7 Å². The number of rotatable bonds is 11. The number of pyridine rings is 1. The first-order valence-corrected chi connectivity index (χ1v) is 11.9. The predicted octanol–water partition coefficient (Wildman–Crippen LogP) is 4.53. The first-order chi connectivity index (χ1) is 18.0. The van der Waals surface area contributed by atoms with Gasteiger partial charge in [0.05, 0.1) is 57.9 Å². The zero-order chi connectivity index (χ0) is 26.4. The second-order valence-electron chi connectivity index (χ2n) is 8.10. The summed E-state index contributed by atoms with van der Waals surface area (Å²) in [7, 11) is 4.72. The van der Waals surface area contributed by atoms with Crippen LogP contribution in [0.3, 0.4) is 0 Å². The van der Waals surface area contributed by atoms with Crippen molar-refractivity contribution in [1.29, 1.82) is 0 Å². The highest BCUT2D eigenvalue weighted by molar-refractivity contribution is 6.08. The Kier molecular flexibility index (Phi) is 8.07. The van der Waals surface area contributed by atoms with E-state index in [1.807, 2.05) is 31.2 Å². The number of aromatic nitrogens is 4. The van der Waals surface area contributed by atoms with Crippen LogP contribution in [0, 0.1) is 0 Å². The van der Waals surface area contributed by atoms with Gasteiger partial charge in [-0.3, -0.25) is 0 Å². The molecule has 0 spiro atoms. The average molecular weight is 507 g/mol. The summed E-state index contributed by atoms with van der Waals surface area (Å²) in [5.41, 5.74) is 2.83. The minimum absolute atomic E-state index is 0.210. The highest BCUT2D eigenvalue weighted by Crippen LogP contribution is 2.42. The van der Waals surface area contributed by atoms with E-state index in [2.05, 4.69) is 10.2 Å². The van der Waals surface area contributed by atoms with Crippen LogP contribution in [0.5, 0.6) is 23.0 Å². The molecule has 0 atom stereocenters. The summed E-state index contributed by atoms with van der Waals surface area (Å²) < 4.78 is 29.8. The molecule has 0 amide bonds. The first-order valence-electron chi connectivity index (χ1n) is 11.9. The number of carbonyl (C=O) groups is 1. The number of benzene rings is 2. The van der Waals surface area contributed by atoms with E-state index in [-0.39, 0.29) is 13.2 Å². The van der Waals surface area contributed by atoms with E-state index in [1.54, 1.807) is 51.5 Å². The van der Waals surface area contributed by atoms with Gasteiger partial charge in [-0.1, -0.05) is 13.0 Å². The van der Waals surface area contributed by atoms with E-state index in [0.717, 1.165) is 12.0 Å². The van der Waals surface area contributed by atoms with Gasteiger partial charge in [-0.15, -0.1) is 10.2 Å². The summed E-state index contributed by atoms with van der Waals surface area (Å²) >= 11 is 0. The van der Waals surface area contributed by atoms with Crippen molar-refractivity contribution in [2.24, 2.45) is 0 Å². The van der Waals surface area contributed by atoms with Gasteiger partial charge in [0.25, 0.3) is 0 Å². The molecule has 2 heterocycles. The molecule has 2 aromatic heterocycles. The van der Waals surface area contributed by atoms with Crippen molar-refractivity contribution in [3.8, 4) is 34.1 Å². The van der Waals surface area contributed by atoms with Gasteiger partial charge in [-0.2, -0.15) is 0 Å². The lowest BCUT2D eigenvalue weighted by molar-refractivity contribution is 0.0525. The van der Waals surface area contributed by atoms with Gasteiger partial charge in [-0.25, -0.2) is 9.78 Å². The van der Waals surface area contributed by atoms with Crippen molar-refractivity contribution in [3.05, 3.63) is 54.2 Å². The Morgan fingerprint density at radius 2 is 1.59 bits per heavy atom. The number of methoxy groups -OCH3 is 3. The predicted molar refractivity (Wildman–Crippen MR) is 138 cm³/mol. The van der Waals surface area contributed by atoms with Gasteiger partial charge in [0.15, 0.2) is 23.0 Å². The smallest absolute Gasteiger partial charge is 0.340 e. The fourth-order valence-corrected chi connectivity index (χ4v) is 4.11. The van der Waals surface area contributed by atoms with Crippen LogP contribution < -0.4 is 18.9 Å². The number of hydrogen-bond acceptors (Lipinski definition) is 9. The van der Waals surface area contributed by atoms with E-state index in [0.29, 0.717) is 57.3 Å². The summed E-state index contributed by atoms with van der Waals surface area (Å²) in [5.74, 6) is 1.71. The number of nitrogens with zero attached hydrogens (tertiary/aromatic N) is 4. The maximum atomic E-state index is 13.5. The molecule has 194 valence electrons. The Hall–Kier alpha value is -4.34. The summed E-state index contributed by atoms with van der Waals surface area (Å²) in [6.07, 6.45) is 3.97. The summed E-state index contributed by atoms with van der Waals surface area (Å²) in [4.78, 5) is 18.3. The maximum absolute atomic E-state index is 13.5. The van der Waals surface area contributed by atoms with E-state index < -0.39 is 5.97 Å². The maximum Gasteiger partial charge on any atom is 0.340 e. The zero-order valence-electron chi connectivity index (χ0n) is 21.6. The second kappa shape index (κ2) is 11.6. The van der Waals surface area contributed by atoms with Gasteiger partial charge in [-0.05, 0) is 37.1 Å². The number of ether oxygens (including phenoxy) is 5. The molecule has 0 bridgehead atoms. The Morgan fingerprint density at radius 3 is 2.24 bits per heavy atom. The summed E-state index contributed by atoms with van der Waals surface area (Å²) in [5, 5.41) is 8.46. The number of carbonyl (C=O) groups excluding carboxylic acids is 1. The number of esters is 1. The van der Waals surface area contributed by atoms with Gasteiger partial charge in [0, 0.05) is 17.0 Å². The van der Waals surface area contributed by atoms with Gasteiger partial charge in [0.1, 0.15) is 12.7 Å². The quantitative estimate of drug-likeness (QED) is 0.271. The SMILES string of the molecule is CCCOc1cc(-c2c(C(=O)OCC)c(Cn3cnnc3)nc3cc(OC)c(OC)cc23)ccc1OC. The molecule has 0 N–H and O–H groups in total. The highest BCUT2D eigenvalue weighted by atomic mass is 16.5. The minimum Gasteiger partial charge on any atom is -0.493 e. The summed E-state index contributed by atoms with van der Waals surface area (Å²) in [6, 6.07) is 9.18. The minimum atomic E-state index is -0.489. The second-order valence-corrected chi connectivity index (χ2v) is 8.10. The normalized spacial score (nSPS) is 10.8. The Morgan fingerprint density at radius 1 is 0.892 bits per heavy atom. The zero-order valence-corrected chi connectivity index (χ0v) is 21.6. The molecule has 10 nitrogen and oxygen atoms in total. The summed E-state index contributed by atoms with van der Waals surface area (Å²) in [6.45, 7) is 4.78. The van der Waals surface area contributed by atoms with Crippen molar-refractivity contribution in [2.45, 2.75) is 26.8 Å². The molecule has 0 radical (unpaired) electrons.